The number of aliphatic hydroxyl groups is 1. The summed E-state index contributed by atoms with van der Waals surface area (Å²) in [5, 5.41) is 12.9. The van der Waals surface area contributed by atoms with Crippen molar-refractivity contribution in [2.45, 2.75) is 18.6 Å². The molecule has 1 fully saturated rings. The third kappa shape index (κ3) is 3.35. The molecule has 1 aromatic heterocycles. The number of nitrogens with two attached hydrogens (primary N) is 1. The maximum atomic E-state index is 9.70. The van der Waals surface area contributed by atoms with Gasteiger partial charge in [-0.3, -0.25) is 0 Å². The predicted octanol–water partition coefficient (Wildman–Crippen LogP) is 0.911. The summed E-state index contributed by atoms with van der Waals surface area (Å²) in [5.41, 5.74) is 6.94. The van der Waals surface area contributed by atoms with Crippen LogP contribution in [0.2, 0.25) is 0 Å². The van der Waals surface area contributed by atoms with E-state index in [0.29, 0.717) is 11.6 Å². The number of anilines is 1. The third-order valence-electron chi connectivity index (χ3n) is 2.61. The number of nitrogens with zero attached hydrogens (tertiary/aromatic N) is 1. The van der Waals surface area contributed by atoms with Gasteiger partial charge in [-0.2, -0.15) is 0 Å². The highest BCUT2D eigenvalue weighted by molar-refractivity contribution is 5.85. The average Bonchev–Trinajstić information content (AvgIpc) is 2.65. The molecule has 5 nitrogen and oxygen atoms in total. The molecule has 0 saturated carbocycles. The van der Waals surface area contributed by atoms with Crippen LogP contribution in [0, 0.1) is 0 Å². The van der Waals surface area contributed by atoms with Crippen LogP contribution in [0.3, 0.4) is 0 Å². The molecule has 1 aromatic rings. The SMILES string of the molecule is COc1nc(C2NCCC2O)ccc1N.Cl.Cl. The second-order valence-electron chi connectivity index (χ2n) is 3.62. The van der Waals surface area contributed by atoms with Crippen molar-refractivity contribution in [3.63, 3.8) is 0 Å². The number of ether oxygens (including phenoxy) is 1. The van der Waals surface area contributed by atoms with E-state index in [1.807, 2.05) is 6.07 Å². The molecule has 0 aliphatic carbocycles. The van der Waals surface area contributed by atoms with Gasteiger partial charge in [0, 0.05) is 0 Å². The van der Waals surface area contributed by atoms with Crippen LogP contribution in [0.5, 0.6) is 5.88 Å². The van der Waals surface area contributed by atoms with Crippen LogP contribution < -0.4 is 15.8 Å². The third-order valence-corrected chi connectivity index (χ3v) is 2.61. The summed E-state index contributed by atoms with van der Waals surface area (Å²) in [7, 11) is 1.53. The largest absolute Gasteiger partial charge is 0.480 e. The van der Waals surface area contributed by atoms with Crippen LogP contribution in [0.25, 0.3) is 0 Å². The normalized spacial score (nSPS) is 22.5. The highest BCUT2D eigenvalue weighted by atomic mass is 35.5. The lowest BCUT2D eigenvalue weighted by Gasteiger charge is -2.15. The number of hydrogen-bond acceptors (Lipinski definition) is 5. The van der Waals surface area contributed by atoms with E-state index in [2.05, 4.69) is 10.3 Å². The second kappa shape index (κ2) is 6.86. The number of halogens is 2. The fourth-order valence-electron chi connectivity index (χ4n) is 1.79. The Balaban J connectivity index is 0.00000128. The number of methoxy groups -OCH3 is 1. The number of pyridine rings is 1. The van der Waals surface area contributed by atoms with Crippen LogP contribution in [-0.2, 0) is 0 Å². The molecule has 0 amide bonds. The van der Waals surface area contributed by atoms with E-state index >= 15 is 0 Å². The summed E-state index contributed by atoms with van der Waals surface area (Å²) in [4.78, 5) is 4.25. The van der Waals surface area contributed by atoms with Gasteiger partial charge in [0.2, 0.25) is 5.88 Å². The Kier molecular flexibility index (Phi) is 6.56. The van der Waals surface area contributed by atoms with Gasteiger partial charge >= 0.3 is 0 Å². The smallest absolute Gasteiger partial charge is 0.237 e. The number of hydrogen-bond donors (Lipinski definition) is 3. The number of aliphatic hydroxyl groups excluding tert-OH is 1. The molecule has 2 atom stereocenters. The zero-order chi connectivity index (χ0) is 10.8. The van der Waals surface area contributed by atoms with E-state index in [0.717, 1.165) is 18.7 Å². The van der Waals surface area contributed by atoms with Crippen molar-refractivity contribution in [2.24, 2.45) is 0 Å². The van der Waals surface area contributed by atoms with Gasteiger partial charge in [0.1, 0.15) is 0 Å². The van der Waals surface area contributed by atoms with Gasteiger partial charge in [0.25, 0.3) is 0 Å². The Morgan fingerprint density at radius 3 is 2.71 bits per heavy atom. The fourth-order valence-corrected chi connectivity index (χ4v) is 1.79. The Labute approximate surface area is 113 Å². The predicted molar refractivity (Wildman–Crippen MR) is 71.1 cm³/mol. The van der Waals surface area contributed by atoms with E-state index in [1.165, 1.54) is 7.11 Å². The summed E-state index contributed by atoms with van der Waals surface area (Å²) in [6.07, 6.45) is 0.366. The maximum Gasteiger partial charge on any atom is 0.237 e. The molecule has 4 N–H and O–H groups in total. The summed E-state index contributed by atoms with van der Waals surface area (Å²) in [6.45, 7) is 0.806. The molecular formula is C10H17Cl2N3O2. The van der Waals surface area contributed by atoms with Crippen molar-refractivity contribution in [2.75, 3.05) is 19.4 Å². The lowest BCUT2D eigenvalue weighted by atomic mass is 10.1. The Hall–Kier alpha value is -0.750. The first-order valence-corrected chi connectivity index (χ1v) is 4.94. The molecule has 2 heterocycles. The molecule has 7 heteroatoms. The quantitative estimate of drug-likeness (QED) is 0.751. The minimum absolute atomic E-state index is 0. The molecule has 0 spiro atoms. The van der Waals surface area contributed by atoms with Crippen molar-refractivity contribution in [1.82, 2.24) is 10.3 Å². The molecule has 1 saturated heterocycles. The fraction of sp³-hybridized carbons (Fsp3) is 0.500. The van der Waals surface area contributed by atoms with Crippen molar-refractivity contribution in [3.8, 4) is 5.88 Å². The lowest BCUT2D eigenvalue weighted by Crippen LogP contribution is -2.22. The molecule has 1 aliphatic heterocycles. The van der Waals surface area contributed by atoms with E-state index < -0.39 is 0 Å². The number of aromatic nitrogens is 1. The Morgan fingerprint density at radius 2 is 2.18 bits per heavy atom. The van der Waals surface area contributed by atoms with Gasteiger partial charge in [-0.05, 0) is 25.1 Å². The van der Waals surface area contributed by atoms with E-state index in [1.54, 1.807) is 6.07 Å². The van der Waals surface area contributed by atoms with Gasteiger partial charge in [-0.15, -0.1) is 24.8 Å². The molecule has 1 aliphatic rings. The highest BCUT2D eigenvalue weighted by Crippen LogP contribution is 2.26. The zero-order valence-corrected chi connectivity index (χ0v) is 11.1. The van der Waals surface area contributed by atoms with Crippen LogP contribution in [0.15, 0.2) is 12.1 Å². The standard InChI is InChI=1S/C10H15N3O2.2ClH/c1-15-10-6(11)2-3-7(13-10)9-8(14)4-5-12-9;;/h2-3,8-9,12,14H,4-5,11H2,1H3;2*1H. The topological polar surface area (TPSA) is 80.4 Å². The zero-order valence-electron chi connectivity index (χ0n) is 9.42. The summed E-state index contributed by atoms with van der Waals surface area (Å²) in [5.74, 6) is 0.411. The minimum atomic E-state index is -0.383. The van der Waals surface area contributed by atoms with Crippen molar-refractivity contribution in [1.29, 1.82) is 0 Å². The number of nitrogens with one attached hydrogen (secondary N) is 1. The molecule has 0 radical (unpaired) electrons. The van der Waals surface area contributed by atoms with E-state index in [9.17, 15) is 5.11 Å². The Bertz CT molecular complexity index is 365. The lowest BCUT2D eigenvalue weighted by molar-refractivity contribution is 0.158. The van der Waals surface area contributed by atoms with E-state index in [-0.39, 0.29) is 37.0 Å². The summed E-state index contributed by atoms with van der Waals surface area (Å²) >= 11 is 0. The summed E-state index contributed by atoms with van der Waals surface area (Å²) < 4.78 is 5.03. The Morgan fingerprint density at radius 1 is 1.47 bits per heavy atom. The molecule has 0 aromatic carbocycles. The average molecular weight is 282 g/mol. The highest BCUT2D eigenvalue weighted by Gasteiger charge is 2.27. The van der Waals surface area contributed by atoms with Gasteiger partial charge < -0.3 is 20.9 Å². The monoisotopic (exact) mass is 281 g/mol. The second-order valence-corrected chi connectivity index (χ2v) is 3.62. The van der Waals surface area contributed by atoms with Gasteiger partial charge in [-0.25, -0.2) is 4.98 Å². The van der Waals surface area contributed by atoms with Crippen LogP contribution >= 0.6 is 24.8 Å². The minimum Gasteiger partial charge on any atom is -0.480 e. The van der Waals surface area contributed by atoms with Gasteiger partial charge in [-0.1, -0.05) is 0 Å². The van der Waals surface area contributed by atoms with Crippen molar-refractivity contribution >= 4 is 30.5 Å². The van der Waals surface area contributed by atoms with Crippen LogP contribution in [0.1, 0.15) is 18.2 Å². The van der Waals surface area contributed by atoms with Crippen molar-refractivity contribution < 1.29 is 9.84 Å². The molecular weight excluding hydrogens is 265 g/mol. The first kappa shape index (κ1) is 16.2. The van der Waals surface area contributed by atoms with Gasteiger partial charge in [0.15, 0.2) is 0 Å². The number of nitrogen functional groups attached to an aromatic ring is 1. The van der Waals surface area contributed by atoms with E-state index in [4.69, 9.17) is 10.5 Å². The first-order valence-electron chi connectivity index (χ1n) is 4.94. The van der Waals surface area contributed by atoms with Crippen LogP contribution in [0.4, 0.5) is 5.69 Å². The van der Waals surface area contributed by atoms with Crippen LogP contribution in [-0.4, -0.2) is 29.8 Å². The molecule has 0 bridgehead atoms. The molecule has 17 heavy (non-hydrogen) atoms. The molecule has 2 rings (SSSR count). The first-order chi connectivity index (χ1) is 7.22. The summed E-state index contributed by atoms with van der Waals surface area (Å²) in [6, 6.07) is 3.44. The van der Waals surface area contributed by atoms with Crippen molar-refractivity contribution in [3.05, 3.63) is 17.8 Å². The van der Waals surface area contributed by atoms with Gasteiger partial charge in [0.05, 0.1) is 30.6 Å². The number of rotatable bonds is 2. The molecule has 2 unspecified atom stereocenters. The molecule has 98 valence electrons. The maximum absolute atomic E-state index is 9.70.